The molecule has 0 spiro atoms. The summed E-state index contributed by atoms with van der Waals surface area (Å²) in [6.45, 7) is 16.2. The molecule has 14 heterocycles. The molecule has 0 saturated carbocycles. The van der Waals surface area contributed by atoms with Gasteiger partial charge >= 0.3 is 0 Å². The minimum absolute atomic E-state index is 0.0688. The number of pyridine rings is 4. The summed E-state index contributed by atoms with van der Waals surface area (Å²) in [4.78, 5) is 97.8. The van der Waals surface area contributed by atoms with Gasteiger partial charge in [-0.25, -0.2) is 20.0 Å². The Hall–Kier alpha value is -13.6. The van der Waals surface area contributed by atoms with Gasteiger partial charge in [-0.2, -0.15) is 4.39 Å². The number of aromatic nitrogens is 4. The molecule has 8 N–H and O–H groups in total. The predicted octanol–water partition coefficient (Wildman–Crippen LogP) is 14.5. The summed E-state index contributed by atoms with van der Waals surface area (Å²) < 4.78 is 31.2. The van der Waals surface area contributed by atoms with E-state index in [0.29, 0.717) is 29.2 Å². The van der Waals surface area contributed by atoms with Gasteiger partial charge in [0.1, 0.15) is 39.4 Å². The van der Waals surface area contributed by atoms with Crippen molar-refractivity contribution >= 4 is 92.8 Å². The summed E-state index contributed by atoms with van der Waals surface area (Å²) in [5.74, 6) is 25.0. The summed E-state index contributed by atoms with van der Waals surface area (Å²) in [7, 11) is 8.20. The van der Waals surface area contributed by atoms with Crippen molar-refractivity contribution in [1.82, 2.24) is 39.5 Å². The normalized spacial score (nSPS) is 21.0. The van der Waals surface area contributed by atoms with Crippen LogP contribution in [0.1, 0.15) is 149 Å². The fraction of sp³-hybridized carbons (Fsp3) is 0.263. The number of nitrogens with zero attached hydrogens (tertiary/aromatic N) is 12. The predicted molar refractivity (Wildman–Crippen MR) is 484 cm³/mol. The van der Waals surface area contributed by atoms with Gasteiger partial charge in [-0.15, -0.1) is 69.0 Å². The molecule has 6 aliphatic rings. The van der Waals surface area contributed by atoms with E-state index in [4.69, 9.17) is 52.1 Å². The van der Waals surface area contributed by atoms with Crippen LogP contribution >= 0.6 is 45.3 Å². The molecule has 11 aromatic rings. The summed E-state index contributed by atoms with van der Waals surface area (Å²) in [6.07, 6.45) is 15.8. The number of amides is 4. The first-order valence-electron chi connectivity index (χ1n) is 39.3. The van der Waals surface area contributed by atoms with E-state index in [1.807, 2.05) is 106 Å². The third-order valence-electron chi connectivity index (χ3n) is 22.5. The Morgan fingerprint density at radius 3 is 1.15 bits per heavy atom. The molecule has 7 atom stereocenters. The first kappa shape index (κ1) is 85.8. The van der Waals surface area contributed by atoms with E-state index in [1.54, 1.807) is 147 Å². The van der Waals surface area contributed by atoms with Gasteiger partial charge in [0.15, 0.2) is 29.0 Å². The lowest BCUT2D eigenvalue weighted by molar-refractivity contribution is -0.131. The first-order chi connectivity index (χ1) is 59.0. The van der Waals surface area contributed by atoms with Gasteiger partial charge in [0, 0.05) is 160 Å². The van der Waals surface area contributed by atoms with E-state index in [0.717, 1.165) is 140 Å². The monoisotopic (exact) mass is 1710 g/mol. The largest absolute Gasteiger partial charge is 0.497 e. The Morgan fingerprint density at radius 1 is 0.431 bits per heavy atom. The molecule has 0 saturated heterocycles. The number of benzene rings is 3. The Kier molecular flexibility index (Phi) is 24.8. The zero-order valence-electron chi connectivity index (χ0n) is 70.1. The first-order valence-corrected chi connectivity index (χ1v) is 42.7. The van der Waals surface area contributed by atoms with Gasteiger partial charge in [-0.1, -0.05) is 60.1 Å². The number of thiophene rings is 4. The van der Waals surface area contributed by atoms with Crippen LogP contribution in [0.15, 0.2) is 195 Å². The summed E-state index contributed by atoms with van der Waals surface area (Å²) in [5, 5.41) is 5.85. The molecule has 4 amide bonds. The van der Waals surface area contributed by atoms with Gasteiger partial charge in [-0.3, -0.25) is 58.7 Å². The van der Waals surface area contributed by atoms with Crippen LogP contribution < -0.4 is 37.1 Å². The van der Waals surface area contributed by atoms with E-state index in [2.05, 4.69) is 119 Å². The van der Waals surface area contributed by atoms with Crippen molar-refractivity contribution in [2.45, 2.75) is 115 Å². The zero-order valence-corrected chi connectivity index (χ0v) is 73.3. The Labute approximate surface area is 730 Å². The lowest BCUT2D eigenvalue weighted by atomic mass is 9.77. The third kappa shape index (κ3) is 17.3. The number of carbonyl (C=O) groups excluding carboxylic acids is 4. The maximum atomic E-state index is 14.6. The zero-order chi connectivity index (χ0) is 87.4. The highest BCUT2D eigenvalue weighted by molar-refractivity contribution is 7.11. The molecule has 622 valence electrons. The van der Waals surface area contributed by atoms with E-state index in [-0.39, 0.29) is 59.0 Å². The minimum atomic E-state index is -0.869. The van der Waals surface area contributed by atoms with E-state index >= 15 is 0 Å². The molecule has 0 aliphatic carbocycles. The minimum Gasteiger partial charge on any atom is -0.497 e. The summed E-state index contributed by atoms with van der Waals surface area (Å²) in [5.41, 5.74) is 36.3. The molecular weight excluding hydrogens is 1620 g/mol. The fourth-order valence-corrected chi connectivity index (χ4v) is 19.9. The lowest BCUT2D eigenvalue weighted by Crippen LogP contribution is -2.52. The smallest absolute Gasteiger partial charge is 0.239 e. The summed E-state index contributed by atoms with van der Waals surface area (Å²) in [6, 6.07) is 35.4. The van der Waals surface area contributed by atoms with Crippen molar-refractivity contribution in [3.05, 3.63) is 250 Å². The Bertz CT molecular complexity index is 6210. The van der Waals surface area contributed by atoms with Gasteiger partial charge in [0.05, 0.1) is 44.5 Å². The van der Waals surface area contributed by atoms with Gasteiger partial charge in [-0.05, 0) is 189 Å². The molecule has 123 heavy (non-hydrogen) atoms. The highest BCUT2D eigenvalue weighted by Crippen LogP contribution is 2.52. The fourth-order valence-electron chi connectivity index (χ4n) is 15.7. The maximum Gasteiger partial charge on any atom is 0.239 e. The van der Waals surface area contributed by atoms with Crippen LogP contribution in [0.3, 0.4) is 0 Å². The van der Waals surface area contributed by atoms with Crippen molar-refractivity contribution in [1.29, 1.82) is 0 Å². The quantitative estimate of drug-likeness (QED) is 0.0826. The molecule has 0 fully saturated rings. The molecule has 0 radical (unpaired) electrons. The number of halogens is 1. The topological polar surface area (TPSA) is 314 Å². The standard InChI is InChI=1S/2C26H24N4O2S.C25H24N4O2S.C18H17FN4OS/c2*1-4-5-16-10-19(14-28-13-16)20-12-22(33-15-20)26(2)23(24(31)30(3)25(27)29-26)18-6-7-21-17(11-18)8-9-32-21;1-5-6-16-11-18(14-27-13-16)19-12-21(32-15-19)25(2)22(23(30)29(3)24(26)28-25)17-7-9-20(31-4)10-8-17;1-4-5-11-6-12(10-21-9-11)13-7-14(25-16(13)19)18(2)8-15(24)23(3)17(20)22-18/h2*6-7,10-15,23H,8-9H2,1-3H3,(H2,27,29);7-15,22H,1-4H3,(H2,26,28);6-7,9-10H,8H2,1-3H3,(H2,20,22)/t23-,26+;23-,26-;22?,25-;18-/m0110/s1. The van der Waals surface area contributed by atoms with Crippen LogP contribution in [-0.4, -0.2) is 136 Å². The van der Waals surface area contributed by atoms with Crippen LogP contribution in [-0.2, 0) is 54.2 Å². The highest BCUT2D eigenvalue weighted by Gasteiger charge is 2.52. The molecule has 8 aromatic heterocycles. The number of hydrogen-bond donors (Lipinski definition) is 4. The number of hydrogen-bond acceptors (Lipinski definition) is 23. The number of likely N-dealkylation sites (N-methyl/N-ethyl adjacent to an activating group) is 3. The van der Waals surface area contributed by atoms with E-state index in [1.165, 1.54) is 19.6 Å². The van der Waals surface area contributed by atoms with Gasteiger partial charge in [0.2, 0.25) is 23.6 Å². The van der Waals surface area contributed by atoms with Gasteiger partial charge < -0.3 is 37.1 Å². The van der Waals surface area contributed by atoms with Crippen LogP contribution in [0.5, 0.6) is 17.2 Å². The number of fused-ring (bicyclic) bond motifs is 2. The van der Waals surface area contributed by atoms with Crippen LogP contribution in [0.4, 0.5) is 4.39 Å². The molecule has 17 rings (SSSR count). The van der Waals surface area contributed by atoms with Crippen molar-refractivity contribution in [3.63, 3.8) is 0 Å². The number of carbonyl (C=O) groups is 4. The second kappa shape index (κ2) is 35.6. The van der Waals surface area contributed by atoms with E-state index < -0.39 is 39.9 Å². The van der Waals surface area contributed by atoms with Crippen LogP contribution in [0.2, 0.25) is 0 Å². The average molecular weight is 1710 g/mol. The highest BCUT2D eigenvalue weighted by atomic mass is 32.1. The Balaban J connectivity index is 0.000000134. The molecule has 23 nitrogen and oxygen atoms in total. The van der Waals surface area contributed by atoms with E-state index in [9.17, 15) is 23.6 Å². The van der Waals surface area contributed by atoms with Crippen molar-refractivity contribution < 1.29 is 37.8 Å². The second-order valence-corrected chi connectivity index (χ2v) is 34.4. The number of rotatable bonds is 12. The number of ether oxygens (including phenoxy) is 3. The Morgan fingerprint density at radius 2 is 0.780 bits per heavy atom. The molecule has 28 heteroatoms. The number of guanidine groups is 4. The molecular formula is C95H89FN16O7S4. The van der Waals surface area contributed by atoms with Crippen molar-refractivity contribution in [3.8, 4) is 109 Å². The number of nitrogens with two attached hydrogens (primary N) is 4. The number of methoxy groups -OCH3 is 1. The van der Waals surface area contributed by atoms with Crippen LogP contribution in [0, 0.1) is 52.5 Å². The maximum absolute atomic E-state index is 14.6. The molecule has 6 aliphatic heterocycles. The van der Waals surface area contributed by atoms with Crippen molar-refractivity contribution in [2.24, 2.45) is 42.9 Å². The van der Waals surface area contributed by atoms with Gasteiger partial charge in [0.25, 0.3) is 0 Å². The van der Waals surface area contributed by atoms with Crippen LogP contribution in [0.25, 0.3) is 44.5 Å². The summed E-state index contributed by atoms with van der Waals surface area (Å²) >= 11 is 5.69. The average Bonchev–Trinajstić information content (AvgIpc) is 1.74. The SMILES string of the molecule is CC#Cc1cncc(-c2cc([C@]3(C)CC(=O)N(C)C(N)=N3)sc2F)c1.CC#Cc1cncc(-c2csc([C@@]3(C)N=C(N)N(C)C(=O)C3c3ccc(OC)cc3)c2)c1.CC#Cc1cncc(-c2csc([C@@]3(C)N=C(N)N(C)C(=O)[C@@H]3c3ccc4c(c3)CCO4)c2)c1.CC#Cc1cncc(-c2csc([C@@]3(C)N=C(N)N(C)C(=O)[C@H]3c3ccc4c(c3)CCO4)c2)c1. The number of aliphatic imine (C=N–C) groups is 4. The third-order valence-corrected chi connectivity index (χ3v) is 27.1. The molecule has 0 bridgehead atoms. The molecule has 1 unspecified atom stereocenters. The molecule has 3 aromatic carbocycles. The van der Waals surface area contributed by atoms with Crippen molar-refractivity contribution in [2.75, 3.05) is 48.5 Å². The second-order valence-electron chi connectivity index (χ2n) is 30.7. The lowest BCUT2D eigenvalue weighted by Gasteiger charge is -2.40.